The molecule has 2 rings (SSSR count). The molecule has 0 heterocycles. The fourth-order valence-corrected chi connectivity index (χ4v) is 2.71. The van der Waals surface area contributed by atoms with E-state index in [1.807, 2.05) is 20.2 Å². The van der Waals surface area contributed by atoms with Crippen LogP contribution < -0.4 is 0 Å². The predicted octanol–water partition coefficient (Wildman–Crippen LogP) is 4.38. The highest BCUT2D eigenvalue weighted by atomic mass is 16.6. The molecule has 0 radical (unpaired) electrons. The molecule has 1 aliphatic carbocycles. The van der Waals surface area contributed by atoms with Crippen molar-refractivity contribution in [2.45, 2.75) is 26.7 Å². The minimum Gasteiger partial charge on any atom is -0.394 e. The third-order valence-corrected chi connectivity index (χ3v) is 3.80. The average molecular weight is 312 g/mol. The molecule has 1 aromatic carbocycles. The van der Waals surface area contributed by atoms with Crippen LogP contribution in [-0.2, 0) is 4.84 Å². The van der Waals surface area contributed by atoms with Crippen LogP contribution in [0, 0.1) is 5.41 Å². The maximum atomic E-state index is 5.47. The van der Waals surface area contributed by atoms with E-state index in [1.54, 1.807) is 0 Å². The van der Waals surface area contributed by atoms with Gasteiger partial charge in [-0.1, -0.05) is 61.5 Å². The van der Waals surface area contributed by atoms with E-state index < -0.39 is 0 Å². The Labute approximate surface area is 140 Å². The molecule has 124 valence electrons. The van der Waals surface area contributed by atoms with Gasteiger partial charge in [-0.3, -0.25) is 0 Å². The Hall–Kier alpha value is -1.87. The van der Waals surface area contributed by atoms with Crippen LogP contribution in [-0.4, -0.2) is 37.9 Å². The Morgan fingerprint density at radius 1 is 1.13 bits per heavy atom. The summed E-state index contributed by atoms with van der Waals surface area (Å²) in [7, 11) is 4.07. The minimum atomic E-state index is 0.217. The summed E-state index contributed by atoms with van der Waals surface area (Å²) in [6.07, 6.45) is 8.55. The fourth-order valence-electron chi connectivity index (χ4n) is 2.71. The van der Waals surface area contributed by atoms with E-state index in [0.29, 0.717) is 6.61 Å². The molecule has 0 saturated carbocycles. The van der Waals surface area contributed by atoms with Gasteiger partial charge in [-0.15, -0.1) is 0 Å². The van der Waals surface area contributed by atoms with E-state index in [2.05, 4.69) is 66.4 Å². The second kappa shape index (κ2) is 8.11. The van der Waals surface area contributed by atoms with Crippen molar-refractivity contribution < 1.29 is 4.84 Å². The largest absolute Gasteiger partial charge is 0.394 e. The number of oxime groups is 1. The molecular weight excluding hydrogens is 284 g/mol. The highest BCUT2D eigenvalue weighted by Gasteiger charge is 2.25. The zero-order chi connectivity index (χ0) is 16.7. The van der Waals surface area contributed by atoms with Gasteiger partial charge in [0.2, 0.25) is 0 Å². The summed E-state index contributed by atoms with van der Waals surface area (Å²) in [4.78, 5) is 7.56. The molecule has 0 amide bonds. The lowest BCUT2D eigenvalue weighted by atomic mass is 9.76. The van der Waals surface area contributed by atoms with Gasteiger partial charge in [-0.05, 0) is 49.6 Å². The number of hydrogen-bond donors (Lipinski definition) is 0. The number of rotatable bonds is 6. The van der Waals surface area contributed by atoms with Crippen LogP contribution in [0.4, 0.5) is 0 Å². The van der Waals surface area contributed by atoms with Crippen LogP contribution in [0.5, 0.6) is 0 Å². The Kier molecular flexibility index (Phi) is 6.17. The Morgan fingerprint density at radius 3 is 2.57 bits per heavy atom. The topological polar surface area (TPSA) is 24.8 Å². The first-order chi connectivity index (χ1) is 10.9. The van der Waals surface area contributed by atoms with Gasteiger partial charge in [0.05, 0.1) is 5.71 Å². The summed E-state index contributed by atoms with van der Waals surface area (Å²) in [5.41, 5.74) is 3.78. The molecule has 0 N–H and O–H groups in total. The first kappa shape index (κ1) is 17.5. The molecule has 3 nitrogen and oxygen atoms in total. The standard InChI is InChI=1S/C20H28N2O/c1-20(2)15-18(11-10-17-8-6-5-7-9-17)14-19(16-20)21-23-13-12-22(3)4/h5-11,14H,12-13,15-16H2,1-4H3. The van der Waals surface area contributed by atoms with Crippen molar-refractivity contribution in [2.24, 2.45) is 10.6 Å². The first-order valence-corrected chi connectivity index (χ1v) is 8.22. The summed E-state index contributed by atoms with van der Waals surface area (Å²) >= 11 is 0. The van der Waals surface area contributed by atoms with Crippen molar-refractivity contribution in [2.75, 3.05) is 27.2 Å². The normalized spacial score (nSPS) is 19.3. The van der Waals surface area contributed by atoms with Crippen LogP contribution >= 0.6 is 0 Å². The van der Waals surface area contributed by atoms with E-state index in [1.165, 1.54) is 11.1 Å². The van der Waals surface area contributed by atoms with Gasteiger partial charge in [-0.25, -0.2) is 0 Å². The second-order valence-corrected chi connectivity index (χ2v) is 7.20. The Morgan fingerprint density at radius 2 is 1.87 bits per heavy atom. The van der Waals surface area contributed by atoms with Crippen LogP contribution in [0.15, 0.2) is 53.2 Å². The minimum absolute atomic E-state index is 0.217. The monoisotopic (exact) mass is 312 g/mol. The van der Waals surface area contributed by atoms with Crippen LogP contribution in [0.25, 0.3) is 6.08 Å². The lowest BCUT2D eigenvalue weighted by molar-refractivity contribution is 0.124. The van der Waals surface area contributed by atoms with Gasteiger partial charge < -0.3 is 9.74 Å². The van der Waals surface area contributed by atoms with Crippen molar-refractivity contribution in [3.05, 3.63) is 53.6 Å². The summed E-state index contributed by atoms with van der Waals surface area (Å²) in [6.45, 7) is 6.07. The molecule has 1 aromatic rings. The van der Waals surface area contributed by atoms with Crippen molar-refractivity contribution in [1.29, 1.82) is 0 Å². The molecule has 0 spiro atoms. The average Bonchev–Trinajstić information content (AvgIpc) is 2.49. The highest BCUT2D eigenvalue weighted by Crippen LogP contribution is 2.34. The van der Waals surface area contributed by atoms with E-state index in [9.17, 15) is 0 Å². The van der Waals surface area contributed by atoms with E-state index in [-0.39, 0.29) is 5.41 Å². The van der Waals surface area contributed by atoms with E-state index in [0.717, 1.165) is 25.1 Å². The fraction of sp³-hybridized carbons (Fsp3) is 0.450. The number of hydrogen-bond acceptors (Lipinski definition) is 3. The second-order valence-electron chi connectivity index (χ2n) is 7.20. The maximum Gasteiger partial charge on any atom is 0.129 e. The van der Waals surface area contributed by atoms with Gasteiger partial charge >= 0.3 is 0 Å². The third kappa shape index (κ3) is 6.41. The lowest BCUT2D eigenvalue weighted by Gasteiger charge is -2.29. The van der Waals surface area contributed by atoms with Gasteiger partial charge in [0.1, 0.15) is 6.61 Å². The van der Waals surface area contributed by atoms with Crippen molar-refractivity contribution >= 4 is 11.8 Å². The molecule has 0 saturated heterocycles. The predicted molar refractivity (Wildman–Crippen MR) is 98.5 cm³/mol. The molecule has 0 unspecified atom stereocenters. The molecule has 0 atom stereocenters. The van der Waals surface area contributed by atoms with E-state index in [4.69, 9.17) is 4.84 Å². The number of benzene rings is 1. The molecule has 1 aliphatic rings. The summed E-state index contributed by atoms with van der Waals surface area (Å²) in [6, 6.07) is 10.4. The molecule has 0 aromatic heterocycles. The van der Waals surface area contributed by atoms with Gasteiger partial charge in [0.15, 0.2) is 0 Å². The van der Waals surface area contributed by atoms with Crippen LogP contribution in [0.1, 0.15) is 32.3 Å². The summed E-state index contributed by atoms with van der Waals surface area (Å²) in [5.74, 6) is 0. The zero-order valence-corrected chi connectivity index (χ0v) is 14.7. The van der Waals surface area contributed by atoms with Crippen molar-refractivity contribution in [1.82, 2.24) is 4.90 Å². The molecule has 0 fully saturated rings. The van der Waals surface area contributed by atoms with Crippen LogP contribution in [0.2, 0.25) is 0 Å². The molecule has 0 bridgehead atoms. The zero-order valence-electron chi connectivity index (χ0n) is 14.7. The summed E-state index contributed by atoms with van der Waals surface area (Å²) in [5, 5.41) is 4.34. The summed E-state index contributed by atoms with van der Waals surface area (Å²) < 4.78 is 0. The van der Waals surface area contributed by atoms with Gasteiger partial charge in [0, 0.05) is 6.54 Å². The number of likely N-dealkylation sites (N-methyl/N-ethyl adjacent to an activating group) is 1. The lowest BCUT2D eigenvalue weighted by Crippen LogP contribution is -2.22. The SMILES string of the molecule is CN(C)CCON=C1C=C(C=Cc2ccccc2)CC(C)(C)C1. The smallest absolute Gasteiger partial charge is 0.129 e. The first-order valence-electron chi connectivity index (χ1n) is 8.22. The van der Waals surface area contributed by atoms with E-state index >= 15 is 0 Å². The van der Waals surface area contributed by atoms with Crippen molar-refractivity contribution in [3.63, 3.8) is 0 Å². The van der Waals surface area contributed by atoms with Crippen molar-refractivity contribution in [3.8, 4) is 0 Å². The molecule has 3 heteroatoms. The molecular formula is C20H28N2O. The molecule has 0 aliphatic heterocycles. The number of allylic oxidation sites excluding steroid dienone is 3. The van der Waals surface area contributed by atoms with Crippen LogP contribution in [0.3, 0.4) is 0 Å². The molecule has 23 heavy (non-hydrogen) atoms. The number of nitrogens with zero attached hydrogens (tertiary/aromatic N) is 2. The Bertz CT molecular complexity index is 583. The Balaban J connectivity index is 2.05. The highest BCUT2D eigenvalue weighted by molar-refractivity contribution is 5.97. The van der Waals surface area contributed by atoms with Gasteiger partial charge in [0.25, 0.3) is 0 Å². The van der Waals surface area contributed by atoms with Gasteiger partial charge in [-0.2, -0.15) is 0 Å². The maximum absolute atomic E-state index is 5.47. The third-order valence-electron chi connectivity index (χ3n) is 3.80. The quantitative estimate of drug-likeness (QED) is 0.575.